The van der Waals surface area contributed by atoms with E-state index in [-0.39, 0.29) is 30.4 Å². The summed E-state index contributed by atoms with van der Waals surface area (Å²) in [7, 11) is 0. The number of amides is 1. The molecule has 9 nitrogen and oxygen atoms in total. The molecule has 1 unspecified atom stereocenters. The molecule has 1 saturated heterocycles. The van der Waals surface area contributed by atoms with Gasteiger partial charge < -0.3 is 24.6 Å². The van der Waals surface area contributed by atoms with E-state index in [2.05, 4.69) is 10.2 Å². The van der Waals surface area contributed by atoms with Gasteiger partial charge in [-0.15, -0.1) is 0 Å². The van der Waals surface area contributed by atoms with Gasteiger partial charge in [-0.05, 0) is 88.4 Å². The Balaban J connectivity index is 1.11. The Hall–Kier alpha value is -3.56. The van der Waals surface area contributed by atoms with Crippen molar-refractivity contribution in [2.75, 3.05) is 18.4 Å². The van der Waals surface area contributed by atoms with Gasteiger partial charge in [0.1, 0.15) is 6.61 Å². The average Bonchev–Trinajstić information content (AvgIpc) is 3.36. The van der Waals surface area contributed by atoms with E-state index in [0.29, 0.717) is 35.1 Å². The molecule has 2 N–H and O–H groups in total. The SMILES string of the molecule is CCC1(O)C(=O)OCc2c1cc1n(c2=O)Cc2cc3cc(NC(=O)C4CCC(N5CCCCC5)CC4)ccc3nc2-1. The van der Waals surface area contributed by atoms with Crippen molar-refractivity contribution in [1.82, 2.24) is 14.5 Å². The van der Waals surface area contributed by atoms with Gasteiger partial charge in [-0.3, -0.25) is 9.59 Å². The topological polar surface area (TPSA) is 114 Å². The second-order valence-electron chi connectivity index (χ2n) is 12.1. The molecule has 9 heteroatoms. The number of piperidine rings is 1. The van der Waals surface area contributed by atoms with E-state index in [4.69, 9.17) is 9.72 Å². The van der Waals surface area contributed by atoms with Gasteiger partial charge in [0, 0.05) is 34.2 Å². The summed E-state index contributed by atoms with van der Waals surface area (Å²) in [6.07, 6.45) is 8.07. The van der Waals surface area contributed by atoms with Crippen LogP contribution in [0.15, 0.2) is 35.1 Å². The van der Waals surface area contributed by atoms with Crippen LogP contribution >= 0.6 is 0 Å². The summed E-state index contributed by atoms with van der Waals surface area (Å²) in [6, 6.07) is 10.1. The summed E-state index contributed by atoms with van der Waals surface area (Å²) in [6.45, 7) is 4.29. The molecular formula is C32H36N4O5. The summed E-state index contributed by atoms with van der Waals surface area (Å²) in [4.78, 5) is 46.4. The number of hydrogen-bond acceptors (Lipinski definition) is 7. The minimum atomic E-state index is -1.85. The van der Waals surface area contributed by atoms with Crippen LogP contribution in [0, 0.1) is 5.92 Å². The number of aliphatic hydroxyl groups is 1. The minimum absolute atomic E-state index is 0.0370. The van der Waals surface area contributed by atoms with Crippen molar-refractivity contribution >= 4 is 28.5 Å². The summed E-state index contributed by atoms with van der Waals surface area (Å²) in [5.74, 6) is -0.610. The van der Waals surface area contributed by atoms with Crippen molar-refractivity contribution in [3.63, 3.8) is 0 Å². The van der Waals surface area contributed by atoms with Crippen LogP contribution in [0.4, 0.5) is 5.69 Å². The zero-order chi connectivity index (χ0) is 28.3. The van der Waals surface area contributed by atoms with Gasteiger partial charge in [0.2, 0.25) is 5.91 Å². The molecule has 214 valence electrons. The van der Waals surface area contributed by atoms with Crippen molar-refractivity contribution in [1.29, 1.82) is 0 Å². The maximum atomic E-state index is 13.4. The van der Waals surface area contributed by atoms with E-state index < -0.39 is 11.6 Å². The summed E-state index contributed by atoms with van der Waals surface area (Å²) in [5, 5.41) is 15.1. The maximum Gasteiger partial charge on any atom is 0.343 e. The first-order chi connectivity index (χ1) is 19.9. The molecule has 7 rings (SSSR count). The van der Waals surface area contributed by atoms with Crippen LogP contribution in [0.1, 0.15) is 75.0 Å². The summed E-state index contributed by atoms with van der Waals surface area (Å²) >= 11 is 0. The largest absolute Gasteiger partial charge is 0.458 e. The molecular weight excluding hydrogens is 520 g/mol. The first-order valence-corrected chi connectivity index (χ1v) is 15.0. The van der Waals surface area contributed by atoms with Gasteiger partial charge in [-0.2, -0.15) is 0 Å². The number of rotatable bonds is 4. The lowest BCUT2D eigenvalue weighted by molar-refractivity contribution is -0.172. The third-order valence-corrected chi connectivity index (χ3v) is 9.75. The number of benzene rings is 1. The van der Waals surface area contributed by atoms with Crippen LogP contribution in [0.25, 0.3) is 22.3 Å². The van der Waals surface area contributed by atoms with E-state index in [1.54, 1.807) is 17.6 Å². The number of likely N-dealkylation sites (tertiary alicyclic amines) is 1. The predicted octanol–water partition coefficient (Wildman–Crippen LogP) is 4.06. The van der Waals surface area contributed by atoms with Crippen LogP contribution in [-0.4, -0.2) is 50.6 Å². The van der Waals surface area contributed by atoms with Gasteiger partial charge in [-0.25, -0.2) is 9.78 Å². The maximum absolute atomic E-state index is 13.4. The fraction of sp³-hybridized carbons (Fsp3) is 0.500. The first-order valence-electron chi connectivity index (χ1n) is 15.0. The molecule has 3 aliphatic heterocycles. The van der Waals surface area contributed by atoms with Crippen molar-refractivity contribution in [3.8, 4) is 11.4 Å². The van der Waals surface area contributed by atoms with Gasteiger partial charge in [-0.1, -0.05) is 13.3 Å². The lowest BCUT2D eigenvalue weighted by Crippen LogP contribution is -2.44. The highest BCUT2D eigenvalue weighted by Gasteiger charge is 2.45. The molecule has 0 bridgehead atoms. The number of anilines is 1. The quantitative estimate of drug-likeness (QED) is 0.365. The number of hydrogen-bond donors (Lipinski definition) is 2. The fourth-order valence-corrected chi connectivity index (χ4v) is 7.29. The van der Waals surface area contributed by atoms with Crippen LogP contribution in [0.5, 0.6) is 0 Å². The second kappa shape index (κ2) is 10.1. The third kappa shape index (κ3) is 4.37. The van der Waals surface area contributed by atoms with Gasteiger partial charge >= 0.3 is 5.97 Å². The number of nitrogens with one attached hydrogen (secondary N) is 1. The van der Waals surface area contributed by atoms with Crippen molar-refractivity contribution in [3.05, 3.63) is 57.4 Å². The zero-order valence-corrected chi connectivity index (χ0v) is 23.4. The first kappa shape index (κ1) is 26.3. The highest BCUT2D eigenvalue weighted by molar-refractivity contribution is 5.95. The predicted molar refractivity (Wildman–Crippen MR) is 154 cm³/mol. The number of pyridine rings is 2. The molecule has 2 fully saturated rings. The number of carbonyl (C=O) groups is 2. The molecule has 41 heavy (non-hydrogen) atoms. The smallest absolute Gasteiger partial charge is 0.343 e. The number of esters is 1. The summed E-state index contributed by atoms with van der Waals surface area (Å²) in [5.41, 5.74) is 2.12. The monoisotopic (exact) mass is 556 g/mol. The molecule has 1 aliphatic carbocycles. The lowest BCUT2D eigenvalue weighted by atomic mass is 9.84. The van der Waals surface area contributed by atoms with E-state index >= 15 is 0 Å². The Morgan fingerprint density at radius 2 is 1.88 bits per heavy atom. The molecule has 1 aromatic carbocycles. The Morgan fingerprint density at radius 3 is 2.63 bits per heavy atom. The Kier molecular flexibility index (Phi) is 6.47. The number of fused-ring (bicyclic) bond motifs is 5. The molecule has 2 aromatic heterocycles. The van der Waals surface area contributed by atoms with Crippen LogP contribution in [0.2, 0.25) is 0 Å². The third-order valence-electron chi connectivity index (χ3n) is 9.75. The van der Waals surface area contributed by atoms with E-state index in [0.717, 1.165) is 47.8 Å². The zero-order valence-electron chi connectivity index (χ0n) is 23.4. The van der Waals surface area contributed by atoms with E-state index in [1.807, 2.05) is 24.3 Å². The number of nitrogens with zero attached hydrogens (tertiary/aromatic N) is 3. The normalized spacial score (nSPS) is 25.8. The standard InChI is InChI=1S/C32H36N4O5/c1-2-32(40)25-16-27-28-21(17-36(27)30(38)24(25)18-41-31(32)39)14-20-15-22(8-11-26(20)34-28)33-29(37)19-6-9-23(10-7-19)35-12-4-3-5-13-35/h8,11,14-16,19,23,40H,2-7,9-10,12-13,17-18H2,1H3,(H,33,37). The molecule has 0 radical (unpaired) electrons. The number of ether oxygens (including phenoxy) is 1. The average molecular weight is 557 g/mol. The Morgan fingerprint density at radius 1 is 1.10 bits per heavy atom. The van der Waals surface area contributed by atoms with E-state index in [1.165, 1.54) is 32.4 Å². The van der Waals surface area contributed by atoms with Crippen molar-refractivity contribution < 1.29 is 19.4 Å². The van der Waals surface area contributed by atoms with E-state index in [9.17, 15) is 19.5 Å². The molecule has 0 spiro atoms. The van der Waals surface area contributed by atoms with Crippen molar-refractivity contribution in [2.24, 2.45) is 5.92 Å². The fourth-order valence-electron chi connectivity index (χ4n) is 7.29. The number of aromatic nitrogens is 2. The summed E-state index contributed by atoms with van der Waals surface area (Å²) < 4.78 is 6.79. The molecule has 1 amide bonds. The number of carbonyl (C=O) groups excluding carboxylic acids is 2. The highest BCUT2D eigenvalue weighted by atomic mass is 16.6. The van der Waals surface area contributed by atoms with Crippen LogP contribution in [0.3, 0.4) is 0 Å². The molecule has 3 aromatic rings. The van der Waals surface area contributed by atoms with Crippen molar-refractivity contribution in [2.45, 2.75) is 83.1 Å². The second-order valence-corrected chi connectivity index (χ2v) is 12.1. The van der Waals surface area contributed by atoms with Gasteiger partial charge in [0.15, 0.2) is 5.60 Å². The highest BCUT2D eigenvalue weighted by Crippen LogP contribution is 2.39. The number of cyclic esters (lactones) is 1. The van der Waals surface area contributed by atoms with Crippen LogP contribution < -0.4 is 10.9 Å². The lowest BCUT2D eigenvalue weighted by Gasteiger charge is -2.38. The Bertz CT molecular complexity index is 1620. The van der Waals surface area contributed by atoms with Gasteiger partial charge in [0.05, 0.1) is 29.0 Å². The van der Waals surface area contributed by atoms with Gasteiger partial charge in [0.25, 0.3) is 5.56 Å². The molecule has 1 atom stereocenters. The molecule has 4 aliphatic rings. The molecule has 1 saturated carbocycles. The van der Waals surface area contributed by atoms with Crippen LogP contribution in [-0.2, 0) is 33.1 Å². The minimum Gasteiger partial charge on any atom is -0.458 e. The molecule has 5 heterocycles. The Labute approximate surface area is 238 Å².